The molecule has 0 saturated heterocycles. The van der Waals surface area contributed by atoms with Crippen LogP contribution in [0.4, 0.5) is 0 Å². The fourth-order valence-electron chi connectivity index (χ4n) is 3.02. The lowest BCUT2D eigenvalue weighted by Crippen LogP contribution is -2.25. The smallest absolute Gasteiger partial charge is 0.312 e. The molecule has 0 radical (unpaired) electrons. The van der Waals surface area contributed by atoms with E-state index in [1.165, 1.54) is 12.8 Å². The third kappa shape index (κ3) is 1.91. The van der Waals surface area contributed by atoms with Gasteiger partial charge in [-0.3, -0.25) is 4.79 Å². The van der Waals surface area contributed by atoms with Crippen molar-refractivity contribution in [1.29, 1.82) is 0 Å². The van der Waals surface area contributed by atoms with Gasteiger partial charge in [-0.05, 0) is 44.4 Å². The van der Waals surface area contributed by atoms with Crippen LogP contribution in [-0.2, 0) is 9.53 Å². The maximum Gasteiger partial charge on any atom is 0.312 e. The van der Waals surface area contributed by atoms with Gasteiger partial charge in [0.2, 0.25) is 0 Å². The van der Waals surface area contributed by atoms with Crippen molar-refractivity contribution in [2.75, 3.05) is 0 Å². The highest BCUT2D eigenvalue weighted by atomic mass is 16.5. The van der Waals surface area contributed by atoms with Crippen molar-refractivity contribution in [1.82, 2.24) is 0 Å². The molecule has 15 heavy (non-hydrogen) atoms. The van der Waals surface area contributed by atoms with Crippen LogP contribution in [0, 0.1) is 11.3 Å². The molecule has 0 aliphatic heterocycles. The minimum absolute atomic E-state index is 0.0860. The zero-order valence-electron chi connectivity index (χ0n) is 9.92. The Hall–Kier alpha value is -0.530. The lowest BCUT2D eigenvalue weighted by Gasteiger charge is -2.18. The molecular weight excluding hydrogens is 188 g/mol. The van der Waals surface area contributed by atoms with Crippen molar-refractivity contribution in [3.05, 3.63) is 0 Å². The lowest BCUT2D eigenvalue weighted by molar-refractivity contribution is -0.156. The first kappa shape index (κ1) is 11.0. The summed E-state index contributed by atoms with van der Waals surface area (Å²) in [7, 11) is 0. The van der Waals surface area contributed by atoms with E-state index in [-0.39, 0.29) is 17.5 Å². The van der Waals surface area contributed by atoms with Gasteiger partial charge in [0.1, 0.15) is 6.10 Å². The van der Waals surface area contributed by atoms with E-state index in [1.54, 1.807) is 0 Å². The zero-order chi connectivity index (χ0) is 10.9. The van der Waals surface area contributed by atoms with Crippen LogP contribution in [0.1, 0.15) is 58.8 Å². The van der Waals surface area contributed by atoms with Gasteiger partial charge in [-0.15, -0.1) is 0 Å². The Morgan fingerprint density at radius 1 is 1.33 bits per heavy atom. The Labute approximate surface area is 92.4 Å². The van der Waals surface area contributed by atoms with Gasteiger partial charge in [-0.25, -0.2) is 0 Å². The fraction of sp³-hybridized carbons (Fsp3) is 0.923. The first-order valence-electron chi connectivity index (χ1n) is 6.44. The molecule has 2 heteroatoms. The molecule has 2 atom stereocenters. The Morgan fingerprint density at radius 3 is 2.47 bits per heavy atom. The summed E-state index contributed by atoms with van der Waals surface area (Å²) in [6.07, 6.45) is 8.00. The second-order valence-electron chi connectivity index (χ2n) is 5.13. The average molecular weight is 210 g/mol. The summed E-state index contributed by atoms with van der Waals surface area (Å²) in [5.74, 6) is 0.695. The molecule has 0 N–H and O–H groups in total. The topological polar surface area (TPSA) is 26.3 Å². The van der Waals surface area contributed by atoms with Gasteiger partial charge in [0.05, 0.1) is 5.41 Å². The van der Waals surface area contributed by atoms with Crippen LogP contribution < -0.4 is 0 Å². The number of hydrogen-bond donors (Lipinski definition) is 0. The molecule has 2 aliphatic rings. The van der Waals surface area contributed by atoms with Crippen molar-refractivity contribution < 1.29 is 9.53 Å². The summed E-state index contributed by atoms with van der Waals surface area (Å²) in [6, 6.07) is 0. The number of rotatable bonds is 4. The second kappa shape index (κ2) is 4.15. The zero-order valence-corrected chi connectivity index (χ0v) is 9.92. The van der Waals surface area contributed by atoms with E-state index < -0.39 is 0 Å². The van der Waals surface area contributed by atoms with E-state index in [9.17, 15) is 4.79 Å². The van der Waals surface area contributed by atoms with Gasteiger partial charge in [0.25, 0.3) is 0 Å². The molecule has 0 aromatic rings. The Kier molecular flexibility index (Phi) is 3.03. The fourth-order valence-corrected chi connectivity index (χ4v) is 3.02. The van der Waals surface area contributed by atoms with Gasteiger partial charge < -0.3 is 4.74 Å². The number of ether oxygens (including phenoxy) is 1. The van der Waals surface area contributed by atoms with Gasteiger partial charge >= 0.3 is 5.97 Å². The monoisotopic (exact) mass is 210 g/mol. The molecule has 2 nitrogen and oxygen atoms in total. The van der Waals surface area contributed by atoms with Crippen molar-refractivity contribution in [3.8, 4) is 0 Å². The van der Waals surface area contributed by atoms with E-state index in [0.717, 1.165) is 32.1 Å². The maximum atomic E-state index is 12.1. The highest BCUT2D eigenvalue weighted by molar-refractivity contribution is 5.80. The Bertz CT molecular complexity index is 243. The minimum Gasteiger partial charge on any atom is -0.462 e. The quantitative estimate of drug-likeness (QED) is 0.665. The maximum absolute atomic E-state index is 12.1. The molecule has 0 aromatic heterocycles. The molecule has 86 valence electrons. The van der Waals surface area contributed by atoms with Crippen LogP contribution in [-0.4, -0.2) is 12.1 Å². The number of esters is 1. The van der Waals surface area contributed by atoms with Crippen molar-refractivity contribution in [3.63, 3.8) is 0 Å². The predicted octanol–water partition coefficient (Wildman–Crippen LogP) is 3.30. The summed E-state index contributed by atoms with van der Waals surface area (Å²) in [5, 5.41) is 0. The molecule has 0 aromatic carbocycles. The predicted molar refractivity (Wildman–Crippen MR) is 59.5 cm³/mol. The van der Waals surface area contributed by atoms with Gasteiger partial charge in [0, 0.05) is 0 Å². The molecule has 0 heterocycles. The molecule has 2 rings (SSSR count). The van der Waals surface area contributed by atoms with E-state index in [0.29, 0.717) is 5.92 Å². The van der Waals surface area contributed by atoms with Crippen LogP contribution in [0.15, 0.2) is 0 Å². The molecule has 0 amide bonds. The molecule has 0 spiro atoms. The van der Waals surface area contributed by atoms with Crippen LogP contribution in [0.25, 0.3) is 0 Å². The summed E-state index contributed by atoms with van der Waals surface area (Å²) in [6.45, 7) is 4.29. The summed E-state index contributed by atoms with van der Waals surface area (Å²) in [4.78, 5) is 12.1. The minimum atomic E-state index is -0.0860. The number of carbonyl (C=O) groups is 1. The van der Waals surface area contributed by atoms with Crippen LogP contribution in [0.2, 0.25) is 0 Å². The standard InChI is InChI=1S/C13H22O2/c1-3-10-9-13(10,4-2)12(14)15-11-7-5-6-8-11/h10-11H,3-9H2,1-2H3. The number of hydrogen-bond acceptors (Lipinski definition) is 2. The lowest BCUT2D eigenvalue weighted by atomic mass is 9.99. The Balaban J connectivity index is 1.89. The SMILES string of the molecule is CCC1CC1(CC)C(=O)OC1CCCC1. The van der Waals surface area contributed by atoms with Crippen molar-refractivity contribution in [2.24, 2.45) is 11.3 Å². The first-order chi connectivity index (χ1) is 7.23. The van der Waals surface area contributed by atoms with Crippen molar-refractivity contribution >= 4 is 5.97 Å². The van der Waals surface area contributed by atoms with Crippen LogP contribution in [0.3, 0.4) is 0 Å². The third-order valence-electron chi connectivity index (χ3n) is 4.34. The molecule has 2 fully saturated rings. The average Bonchev–Trinajstić information content (AvgIpc) is 2.78. The Morgan fingerprint density at radius 2 is 2.00 bits per heavy atom. The largest absolute Gasteiger partial charge is 0.462 e. The molecular formula is C13H22O2. The van der Waals surface area contributed by atoms with Crippen LogP contribution in [0.5, 0.6) is 0 Å². The molecule has 2 aliphatic carbocycles. The van der Waals surface area contributed by atoms with Gasteiger partial charge in [-0.1, -0.05) is 20.3 Å². The summed E-state index contributed by atoms with van der Waals surface area (Å²) < 4.78 is 5.62. The van der Waals surface area contributed by atoms with Crippen LogP contribution >= 0.6 is 0 Å². The summed E-state index contributed by atoms with van der Waals surface area (Å²) >= 11 is 0. The molecule has 0 bridgehead atoms. The van der Waals surface area contributed by atoms with E-state index in [4.69, 9.17) is 4.74 Å². The highest BCUT2D eigenvalue weighted by Gasteiger charge is 2.58. The van der Waals surface area contributed by atoms with E-state index >= 15 is 0 Å². The van der Waals surface area contributed by atoms with Crippen molar-refractivity contribution in [2.45, 2.75) is 64.9 Å². The van der Waals surface area contributed by atoms with E-state index in [1.807, 2.05) is 0 Å². The third-order valence-corrected chi connectivity index (χ3v) is 4.34. The van der Waals surface area contributed by atoms with Gasteiger partial charge in [0.15, 0.2) is 0 Å². The molecule has 2 saturated carbocycles. The summed E-state index contributed by atoms with van der Waals surface area (Å²) in [5.41, 5.74) is -0.0860. The number of carbonyl (C=O) groups excluding carboxylic acids is 1. The van der Waals surface area contributed by atoms with Gasteiger partial charge in [-0.2, -0.15) is 0 Å². The second-order valence-corrected chi connectivity index (χ2v) is 5.13. The van der Waals surface area contributed by atoms with E-state index in [2.05, 4.69) is 13.8 Å². The molecule has 2 unspecified atom stereocenters. The highest BCUT2D eigenvalue weighted by Crippen LogP contribution is 2.58. The normalized spacial score (nSPS) is 35.5. The first-order valence-corrected chi connectivity index (χ1v) is 6.44.